The fourth-order valence-corrected chi connectivity index (χ4v) is 4.38. The van der Waals surface area contributed by atoms with Crippen molar-refractivity contribution in [3.63, 3.8) is 0 Å². The molecule has 0 bridgehead atoms. The van der Waals surface area contributed by atoms with E-state index in [1.54, 1.807) is 0 Å². The summed E-state index contributed by atoms with van der Waals surface area (Å²) in [4.78, 5) is 0. The molecule has 3 aromatic rings. The summed E-state index contributed by atoms with van der Waals surface area (Å²) in [6.45, 7) is 8.57. The van der Waals surface area contributed by atoms with Gasteiger partial charge in [-0.25, -0.2) is 0 Å². The van der Waals surface area contributed by atoms with E-state index in [0.717, 1.165) is 24.4 Å². The van der Waals surface area contributed by atoms with Gasteiger partial charge in [-0.3, -0.25) is 0 Å². The van der Waals surface area contributed by atoms with Gasteiger partial charge in [-0.15, -0.1) is 5.10 Å². The number of aryl methyl sites for hydroxylation is 3. The van der Waals surface area contributed by atoms with E-state index in [1.807, 2.05) is 4.68 Å². The van der Waals surface area contributed by atoms with Gasteiger partial charge in [0.1, 0.15) is 0 Å². The van der Waals surface area contributed by atoms with Crippen LogP contribution in [0.1, 0.15) is 60.2 Å². The lowest BCUT2D eigenvalue weighted by molar-refractivity contribution is 0.309. The van der Waals surface area contributed by atoms with Crippen LogP contribution in [0, 0.1) is 27.7 Å². The molecule has 0 aliphatic heterocycles. The zero-order chi connectivity index (χ0) is 19.7. The van der Waals surface area contributed by atoms with Crippen molar-refractivity contribution in [1.29, 1.82) is 0 Å². The number of anilines is 1. The number of hydrogen-bond donors (Lipinski definition) is 1. The van der Waals surface area contributed by atoms with E-state index < -0.39 is 0 Å². The first kappa shape index (κ1) is 18.7. The monoisotopic (exact) mass is 375 g/mol. The SMILES string of the molecule is Cc1ccc(NC2(c3nnnn3-c3cccc(C)c3C)CCCCC2)c(C)c1. The van der Waals surface area contributed by atoms with Crippen LogP contribution in [0.3, 0.4) is 0 Å². The molecule has 28 heavy (non-hydrogen) atoms. The number of nitrogens with zero attached hydrogens (tertiary/aromatic N) is 4. The highest BCUT2D eigenvalue weighted by Crippen LogP contribution is 2.40. The van der Waals surface area contributed by atoms with E-state index in [9.17, 15) is 0 Å². The van der Waals surface area contributed by atoms with Gasteiger partial charge in [-0.2, -0.15) is 4.68 Å². The molecular weight excluding hydrogens is 346 g/mol. The highest BCUT2D eigenvalue weighted by atomic mass is 15.6. The maximum Gasteiger partial charge on any atom is 0.181 e. The smallest absolute Gasteiger partial charge is 0.181 e. The molecule has 1 aliphatic rings. The van der Waals surface area contributed by atoms with Gasteiger partial charge < -0.3 is 5.32 Å². The quantitative estimate of drug-likeness (QED) is 0.684. The summed E-state index contributed by atoms with van der Waals surface area (Å²) >= 11 is 0. The molecule has 4 rings (SSSR count). The Kier molecular flexibility index (Phi) is 4.92. The molecule has 1 fully saturated rings. The minimum atomic E-state index is -0.252. The van der Waals surface area contributed by atoms with Gasteiger partial charge in [0.2, 0.25) is 0 Å². The van der Waals surface area contributed by atoms with Gasteiger partial charge in [0.25, 0.3) is 0 Å². The predicted molar refractivity (Wildman–Crippen MR) is 113 cm³/mol. The van der Waals surface area contributed by atoms with Crippen LogP contribution in [0.4, 0.5) is 5.69 Å². The van der Waals surface area contributed by atoms with E-state index in [0.29, 0.717) is 0 Å². The molecule has 1 heterocycles. The van der Waals surface area contributed by atoms with Crippen LogP contribution in [0.15, 0.2) is 36.4 Å². The van der Waals surface area contributed by atoms with Gasteiger partial charge in [-0.05, 0) is 79.8 Å². The summed E-state index contributed by atoms with van der Waals surface area (Å²) in [5.41, 5.74) is 6.98. The second-order valence-electron chi connectivity index (χ2n) is 8.22. The van der Waals surface area contributed by atoms with Crippen molar-refractivity contribution in [2.24, 2.45) is 0 Å². The molecule has 0 spiro atoms. The van der Waals surface area contributed by atoms with Crippen LogP contribution in [-0.2, 0) is 5.54 Å². The Morgan fingerprint density at radius 2 is 1.71 bits per heavy atom. The molecule has 1 saturated carbocycles. The summed E-state index contributed by atoms with van der Waals surface area (Å²) in [6.07, 6.45) is 5.69. The highest BCUT2D eigenvalue weighted by Gasteiger charge is 2.39. The molecule has 5 nitrogen and oxygen atoms in total. The largest absolute Gasteiger partial charge is 0.372 e. The predicted octanol–water partition coefficient (Wildman–Crippen LogP) is 5.17. The van der Waals surface area contributed by atoms with Crippen LogP contribution in [-0.4, -0.2) is 20.2 Å². The highest BCUT2D eigenvalue weighted by molar-refractivity contribution is 5.55. The van der Waals surface area contributed by atoms with Crippen LogP contribution >= 0.6 is 0 Å². The second kappa shape index (κ2) is 7.38. The summed E-state index contributed by atoms with van der Waals surface area (Å²) < 4.78 is 1.95. The first-order chi connectivity index (χ1) is 13.5. The third kappa shape index (κ3) is 3.30. The van der Waals surface area contributed by atoms with E-state index in [1.165, 1.54) is 47.2 Å². The third-order valence-electron chi connectivity index (χ3n) is 6.16. The van der Waals surface area contributed by atoms with Gasteiger partial charge in [0, 0.05) is 5.69 Å². The van der Waals surface area contributed by atoms with Crippen molar-refractivity contribution in [3.8, 4) is 5.69 Å². The van der Waals surface area contributed by atoms with Gasteiger partial charge in [0.15, 0.2) is 5.82 Å². The van der Waals surface area contributed by atoms with E-state index in [4.69, 9.17) is 0 Å². The summed E-state index contributed by atoms with van der Waals surface area (Å²) in [7, 11) is 0. The lowest BCUT2D eigenvalue weighted by atomic mass is 9.80. The molecule has 0 unspecified atom stereocenters. The lowest BCUT2D eigenvalue weighted by Gasteiger charge is -2.38. The van der Waals surface area contributed by atoms with Gasteiger partial charge in [0.05, 0.1) is 11.2 Å². The zero-order valence-corrected chi connectivity index (χ0v) is 17.3. The third-order valence-corrected chi connectivity index (χ3v) is 6.16. The number of nitrogens with one attached hydrogen (secondary N) is 1. The molecule has 1 N–H and O–H groups in total. The fourth-order valence-electron chi connectivity index (χ4n) is 4.38. The Morgan fingerprint density at radius 3 is 2.46 bits per heavy atom. The summed E-state index contributed by atoms with van der Waals surface area (Å²) in [5, 5.41) is 16.9. The van der Waals surface area contributed by atoms with Crippen molar-refractivity contribution < 1.29 is 0 Å². The Hall–Kier alpha value is -2.69. The first-order valence-electron chi connectivity index (χ1n) is 10.2. The fraction of sp³-hybridized carbons (Fsp3) is 0.435. The molecule has 0 saturated heterocycles. The molecule has 2 aromatic carbocycles. The average Bonchev–Trinajstić information content (AvgIpc) is 3.17. The number of aromatic nitrogens is 4. The zero-order valence-electron chi connectivity index (χ0n) is 17.3. The van der Waals surface area contributed by atoms with Crippen molar-refractivity contribution in [2.75, 3.05) is 5.32 Å². The molecule has 0 amide bonds. The standard InChI is InChI=1S/C23H29N5/c1-16-11-12-20(18(3)15-16)24-23(13-6-5-7-14-23)22-25-26-27-28(22)21-10-8-9-17(2)19(21)4/h8-12,15,24H,5-7,13-14H2,1-4H3. The Morgan fingerprint density at radius 1 is 0.929 bits per heavy atom. The van der Waals surface area contributed by atoms with Gasteiger partial charge in [-0.1, -0.05) is 49.1 Å². The van der Waals surface area contributed by atoms with Gasteiger partial charge >= 0.3 is 0 Å². The molecule has 0 radical (unpaired) electrons. The average molecular weight is 376 g/mol. The Balaban J connectivity index is 1.81. The van der Waals surface area contributed by atoms with Crippen LogP contribution < -0.4 is 5.32 Å². The van der Waals surface area contributed by atoms with E-state index >= 15 is 0 Å². The van der Waals surface area contributed by atoms with Crippen molar-refractivity contribution in [3.05, 3.63) is 64.5 Å². The number of rotatable bonds is 4. The Labute approximate surface area is 167 Å². The number of hydrogen-bond acceptors (Lipinski definition) is 4. The first-order valence-corrected chi connectivity index (χ1v) is 10.2. The van der Waals surface area contributed by atoms with Crippen molar-refractivity contribution in [1.82, 2.24) is 20.2 Å². The number of benzene rings is 2. The molecular formula is C23H29N5. The maximum atomic E-state index is 4.54. The lowest BCUT2D eigenvalue weighted by Crippen LogP contribution is -2.40. The van der Waals surface area contributed by atoms with Crippen LogP contribution in [0.5, 0.6) is 0 Å². The molecule has 0 atom stereocenters. The topological polar surface area (TPSA) is 55.6 Å². The Bertz CT molecular complexity index is 982. The summed E-state index contributed by atoms with van der Waals surface area (Å²) in [6, 6.07) is 12.9. The van der Waals surface area contributed by atoms with Crippen molar-refractivity contribution in [2.45, 2.75) is 65.3 Å². The van der Waals surface area contributed by atoms with E-state index in [2.05, 4.69) is 84.9 Å². The molecule has 5 heteroatoms. The number of tetrazole rings is 1. The van der Waals surface area contributed by atoms with Crippen LogP contribution in [0.25, 0.3) is 5.69 Å². The normalized spacial score (nSPS) is 16.1. The minimum Gasteiger partial charge on any atom is -0.372 e. The van der Waals surface area contributed by atoms with E-state index in [-0.39, 0.29) is 5.54 Å². The summed E-state index contributed by atoms with van der Waals surface area (Å²) in [5.74, 6) is 0.917. The minimum absolute atomic E-state index is 0.252. The van der Waals surface area contributed by atoms with Crippen molar-refractivity contribution >= 4 is 5.69 Å². The molecule has 1 aromatic heterocycles. The molecule has 1 aliphatic carbocycles. The maximum absolute atomic E-state index is 4.54. The van der Waals surface area contributed by atoms with Crippen LogP contribution in [0.2, 0.25) is 0 Å². The second-order valence-corrected chi connectivity index (χ2v) is 8.22. The molecule has 146 valence electrons.